The van der Waals surface area contributed by atoms with E-state index in [9.17, 15) is 19.5 Å². The second-order valence-corrected chi connectivity index (χ2v) is 7.94. The average molecular weight is 458 g/mol. The first kappa shape index (κ1) is 23.3. The molecule has 0 saturated heterocycles. The van der Waals surface area contributed by atoms with Crippen LogP contribution in [0.4, 0.5) is 0 Å². The van der Waals surface area contributed by atoms with Gasteiger partial charge in [0.25, 0.3) is 0 Å². The van der Waals surface area contributed by atoms with Crippen molar-refractivity contribution in [3.8, 4) is 5.75 Å². The quantitative estimate of drug-likeness (QED) is 0.469. The highest BCUT2D eigenvalue weighted by Gasteiger charge is 2.18. The standard InChI is InChI=1S/C24H24ClNO6/c1-14-19-8-7-18(31-2)12-21(19)32-24(30)20(14)9-10-22(27)26-13-16(11-23(28)29)15-3-5-17(25)6-4-15/h3-8,12,16H,9-11,13H2,1-2H3,(H,26,27)(H,28,29). The zero-order chi connectivity index (χ0) is 23.3. The minimum absolute atomic E-state index is 0.0771. The molecule has 0 fully saturated rings. The summed E-state index contributed by atoms with van der Waals surface area (Å²) in [4.78, 5) is 36.1. The van der Waals surface area contributed by atoms with Crippen molar-refractivity contribution in [2.75, 3.05) is 13.7 Å². The van der Waals surface area contributed by atoms with Gasteiger partial charge in [-0.1, -0.05) is 23.7 Å². The van der Waals surface area contributed by atoms with Gasteiger partial charge in [0.1, 0.15) is 11.3 Å². The zero-order valence-electron chi connectivity index (χ0n) is 17.8. The Morgan fingerprint density at radius 1 is 1.19 bits per heavy atom. The van der Waals surface area contributed by atoms with E-state index in [1.54, 1.807) is 36.4 Å². The van der Waals surface area contributed by atoms with E-state index in [0.717, 1.165) is 16.5 Å². The van der Waals surface area contributed by atoms with Gasteiger partial charge in [0.05, 0.1) is 13.5 Å². The number of hydrogen-bond acceptors (Lipinski definition) is 5. The molecule has 3 rings (SSSR count). The lowest BCUT2D eigenvalue weighted by molar-refractivity contribution is -0.137. The summed E-state index contributed by atoms with van der Waals surface area (Å²) >= 11 is 5.90. The van der Waals surface area contributed by atoms with Gasteiger partial charge in [0, 0.05) is 40.9 Å². The van der Waals surface area contributed by atoms with Crippen LogP contribution in [0.3, 0.4) is 0 Å². The molecule has 0 radical (unpaired) electrons. The second kappa shape index (κ2) is 10.3. The Morgan fingerprint density at radius 3 is 2.56 bits per heavy atom. The summed E-state index contributed by atoms with van der Waals surface area (Å²) in [6.45, 7) is 1.99. The summed E-state index contributed by atoms with van der Waals surface area (Å²) < 4.78 is 10.6. The lowest BCUT2D eigenvalue weighted by atomic mass is 9.95. The number of carboxylic acid groups (broad SMARTS) is 1. The van der Waals surface area contributed by atoms with Crippen LogP contribution in [0.2, 0.25) is 5.02 Å². The lowest BCUT2D eigenvalue weighted by Crippen LogP contribution is -2.30. The third-order valence-corrected chi connectivity index (χ3v) is 5.66. The number of methoxy groups -OCH3 is 1. The van der Waals surface area contributed by atoms with Gasteiger partial charge >= 0.3 is 11.6 Å². The number of aryl methyl sites for hydroxylation is 1. The molecule has 7 nitrogen and oxygen atoms in total. The molecule has 8 heteroatoms. The summed E-state index contributed by atoms with van der Waals surface area (Å²) in [7, 11) is 1.53. The van der Waals surface area contributed by atoms with Crippen LogP contribution in [-0.2, 0) is 16.0 Å². The highest BCUT2D eigenvalue weighted by Crippen LogP contribution is 2.25. The number of carbonyl (C=O) groups is 2. The molecular formula is C24H24ClNO6. The number of fused-ring (bicyclic) bond motifs is 1. The molecule has 0 spiro atoms. The highest BCUT2D eigenvalue weighted by molar-refractivity contribution is 6.30. The number of aliphatic carboxylic acids is 1. The van der Waals surface area contributed by atoms with Crippen LogP contribution in [-0.4, -0.2) is 30.6 Å². The number of carboxylic acids is 1. The number of hydrogen-bond donors (Lipinski definition) is 2. The van der Waals surface area contributed by atoms with E-state index in [0.29, 0.717) is 21.9 Å². The number of carbonyl (C=O) groups excluding carboxylic acids is 1. The van der Waals surface area contributed by atoms with Crippen molar-refractivity contribution >= 4 is 34.4 Å². The molecule has 0 aliphatic heterocycles. The van der Waals surface area contributed by atoms with E-state index in [2.05, 4.69) is 5.32 Å². The Morgan fingerprint density at radius 2 is 1.91 bits per heavy atom. The molecular weight excluding hydrogens is 434 g/mol. The zero-order valence-corrected chi connectivity index (χ0v) is 18.6. The number of benzene rings is 2. The monoisotopic (exact) mass is 457 g/mol. The lowest BCUT2D eigenvalue weighted by Gasteiger charge is -2.16. The van der Waals surface area contributed by atoms with Crippen molar-refractivity contribution in [1.82, 2.24) is 5.32 Å². The van der Waals surface area contributed by atoms with E-state index in [1.165, 1.54) is 7.11 Å². The van der Waals surface area contributed by atoms with Gasteiger partial charge in [-0.15, -0.1) is 0 Å². The van der Waals surface area contributed by atoms with Crippen LogP contribution in [0.1, 0.15) is 35.4 Å². The van der Waals surface area contributed by atoms with Gasteiger partial charge in [-0.2, -0.15) is 0 Å². The summed E-state index contributed by atoms with van der Waals surface area (Å²) in [6.07, 6.45) is 0.166. The Kier molecular flexibility index (Phi) is 7.53. The smallest absolute Gasteiger partial charge is 0.339 e. The van der Waals surface area contributed by atoms with Crippen molar-refractivity contribution in [3.63, 3.8) is 0 Å². The minimum atomic E-state index is -0.958. The van der Waals surface area contributed by atoms with Gasteiger partial charge in [0.2, 0.25) is 5.91 Å². The van der Waals surface area contributed by atoms with Gasteiger partial charge in [0.15, 0.2) is 0 Å². The van der Waals surface area contributed by atoms with Crippen LogP contribution in [0.15, 0.2) is 51.7 Å². The second-order valence-electron chi connectivity index (χ2n) is 7.51. The maximum atomic E-state index is 12.5. The van der Waals surface area contributed by atoms with Gasteiger partial charge in [-0.25, -0.2) is 4.79 Å². The van der Waals surface area contributed by atoms with Crippen LogP contribution >= 0.6 is 11.6 Å². The first-order valence-electron chi connectivity index (χ1n) is 10.1. The van der Waals surface area contributed by atoms with Crippen LogP contribution < -0.4 is 15.7 Å². The molecule has 0 bridgehead atoms. The maximum Gasteiger partial charge on any atom is 0.339 e. The summed E-state index contributed by atoms with van der Waals surface area (Å²) in [5.41, 5.74) is 1.92. The molecule has 0 aliphatic carbocycles. The Labute approximate surface area is 190 Å². The molecule has 2 aromatic carbocycles. The van der Waals surface area contributed by atoms with Crippen molar-refractivity contribution in [1.29, 1.82) is 0 Å². The Balaban J connectivity index is 1.67. The maximum absolute atomic E-state index is 12.5. The molecule has 2 N–H and O–H groups in total. The van der Waals surface area contributed by atoms with Crippen LogP contribution in [0, 0.1) is 6.92 Å². The fourth-order valence-electron chi connectivity index (χ4n) is 3.61. The predicted octanol–water partition coefficient (Wildman–Crippen LogP) is 4.07. The number of ether oxygens (including phenoxy) is 1. The molecule has 0 aliphatic rings. The number of amides is 1. The first-order chi connectivity index (χ1) is 15.3. The fraction of sp³-hybridized carbons (Fsp3) is 0.292. The van der Waals surface area contributed by atoms with Gasteiger partial charge in [-0.05, 0) is 48.7 Å². The van der Waals surface area contributed by atoms with E-state index in [-0.39, 0.29) is 31.7 Å². The largest absolute Gasteiger partial charge is 0.497 e. The number of halogens is 1. The van der Waals surface area contributed by atoms with Crippen molar-refractivity contribution in [3.05, 3.63) is 74.6 Å². The average Bonchev–Trinajstić information content (AvgIpc) is 2.76. The topological polar surface area (TPSA) is 106 Å². The van der Waals surface area contributed by atoms with Crippen LogP contribution in [0.5, 0.6) is 5.75 Å². The van der Waals surface area contributed by atoms with Gasteiger partial charge < -0.3 is 19.6 Å². The predicted molar refractivity (Wildman–Crippen MR) is 122 cm³/mol. The molecule has 1 unspecified atom stereocenters. The minimum Gasteiger partial charge on any atom is -0.497 e. The summed E-state index contributed by atoms with van der Waals surface area (Å²) in [5, 5.41) is 13.3. The van der Waals surface area contributed by atoms with E-state index < -0.39 is 17.5 Å². The molecule has 1 heterocycles. The molecule has 1 amide bonds. The van der Waals surface area contributed by atoms with E-state index in [4.69, 9.17) is 20.8 Å². The molecule has 1 aromatic heterocycles. The van der Waals surface area contributed by atoms with E-state index in [1.807, 2.05) is 13.0 Å². The number of rotatable bonds is 9. The molecule has 168 valence electrons. The first-order valence-corrected chi connectivity index (χ1v) is 10.5. The normalized spacial score (nSPS) is 11.8. The SMILES string of the molecule is COc1ccc2c(C)c(CCC(=O)NCC(CC(=O)O)c3ccc(Cl)cc3)c(=O)oc2c1. The van der Waals surface area contributed by atoms with Crippen molar-refractivity contribution in [2.45, 2.75) is 32.1 Å². The molecule has 32 heavy (non-hydrogen) atoms. The molecule has 3 aromatic rings. The van der Waals surface area contributed by atoms with Crippen molar-refractivity contribution < 1.29 is 23.8 Å². The third kappa shape index (κ3) is 5.68. The van der Waals surface area contributed by atoms with Crippen LogP contribution in [0.25, 0.3) is 11.0 Å². The van der Waals surface area contributed by atoms with E-state index >= 15 is 0 Å². The number of nitrogens with one attached hydrogen (secondary N) is 1. The Hall–Kier alpha value is -3.32. The molecule has 0 saturated carbocycles. The fourth-order valence-corrected chi connectivity index (χ4v) is 3.73. The summed E-state index contributed by atoms with van der Waals surface area (Å²) in [6, 6.07) is 12.1. The Bertz CT molecular complexity index is 1190. The highest BCUT2D eigenvalue weighted by atomic mass is 35.5. The molecule has 1 atom stereocenters. The third-order valence-electron chi connectivity index (χ3n) is 5.40. The summed E-state index contributed by atoms with van der Waals surface area (Å²) in [5.74, 6) is -1.04. The van der Waals surface area contributed by atoms with Gasteiger partial charge in [-0.3, -0.25) is 9.59 Å². The van der Waals surface area contributed by atoms with Crippen molar-refractivity contribution in [2.24, 2.45) is 0 Å².